The van der Waals surface area contributed by atoms with Crippen molar-refractivity contribution in [1.82, 2.24) is 9.80 Å². The van der Waals surface area contributed by atoms with Gasteiger partial charge in [-0.2, -0.15) is 0 Å². The topological polar surface area (TPSA) is 6.48 Å². The lowest BCUT2D eigenvalue weighted by Crippen LogP contribution is -2.39. The fourth-order valence-corrected chi connectivity index (χ4v) is 6.36. The van der Waals surface area contributed by atoms with Gasteiger partial charge in [0, 0.05) is 25.5 Å². The van der Waals surface area contributed by atoms with Gasteiger partial charge in [-0.25, -0.2) is 0 Å². The fourth-order valence-electron chi connectivity index (χ4n) is 6.36. The van der Waals surface area contributed by atoms with Gasteiger partial charge in [-0.3, -0.25) is 0 Å². The summed E-state index contributed by atoms with van der Waals surface area (Å²) >= 11 is 0. The highest BCUT2D eigenvalue weighted by molar-refractivity contribution is 4.97. The first kappa shape index (κ1) is 36.4. The number of hydrogen-bond acceptors (Lipinski definition) is 2. The van der Waals surface area contributed by atoms with Crippen molar-refractivity contribution < 1.29 is 0 Å². The van der Waals surface area contributed by atoms with Gasteiger partial charge in [0.1, 0.15) is 6.17 Å². The molecule has 0 bridgehead atoms. The summed E-state index contributed by atoms with van der Waals surface area (Å²) in [6.07, 6.45) is 46.9. The Morgan fingerprint density at radius 2 is 0.590 bits per heavy atom. The van der Waals surface area contributed by atoms with E-state index in [0.29, 0.717) is 6.17 Å². The number of hydrogen-bond donors (Lipinski definition) is 0. The molecular formula is C37H74N2. The molecule has 0 saturated heterocycles. The minimum atomic E-state index is 0.641. The van der Waals surface area contributed by atoms with Crippen molar-refractivity contribution in [3.63, 3.8) is 0 Å². The van der Waals surface area contributed by atoms with Crippen LogP contribution in [0.4, 0.5) is 0 Å². The Balaban J connectivity index is 2.24. The molecule has 0 radical (unpaired) electrons. The molecular weight excluding hydrogens is 472 g/mol. The predicted octanol–water partition coefficient (Wildman–Crippen LogP) is 12.8. The average molecular weight is 547 g/mol. The zero-order chi connectivity index (χ0) is 28.1. The standard InChI is InChI=1S/C37H74N2/c1-4-7-10-13-16-19-20-22-25-28-31-34-39-36-35-38(33-30-27-24-18-15-12-9-6-3)37(39)32-29-26-23-21-17-14-11-8-5-2/h35-37H,4-34H2,1-3H3. The highest BCUT2D eigenvalue weighted by Crippen LogP contribution is 2.24. The normalized spacial score (nSPS) is 15.2. The first-order chi connectivity index (χ1) is 19.3. The van der Waals surface area contributed by atoms with Crippen LogP contribution < -0.4 is 0 Å². The third-order valence-corrected chi connectivity index (χ3v) is 9.07. The van der Waals surface area contributed by atoms with Crippen LogP contribution in [0.1, 0.15) is 207 Å². The predicted molar refractivity (Wildman–Crippen MR) is 177 cm³/mol. The molecule has 0 spiro atoms. The summed E-state index contributed by atoms with van der Waals surface area (Å²) in [6.45, 7) is 9.48. The summed E-state index contributed by atoms with van der Waals surface area (Å²) in [6, 6.07) is 0. The van der Waals surface area contributed by atoms with Crippen molar-refractivity contribution in [2.24, 2.45) is 0 Å². The number of nitrogens with zero attached hydrogens (tertiary/aromatic N) is 2. The first-order valence-electron chi connectivity index (χ1n) is 18.5. The molecule has 0 amide bonds. The van der Waals surface area contributed by atoms with Crippen LogP contribution in [0.3, 0.4) is 0 Å². The zero-order valence-electron chi connectivity index (χ0n) is 27.5. The van der Waals surface area contributed by atoms with Gasteiger partial charge in [0.25, 0.3) is 0 Å². The van der Waals surface area contributed by atoms with Gasteiger partial charge in [-0.15, -0.1) is 0 Å². The summed E-state index contributed by atoms with van der Waals surface area (Å²) < 4.78 is 0. The number of unbranched alkanes of at least 4 members (excludes halogenated alkanes) is 25. The Morgan fingerprint density at radius 1 is 0.333 bits per heavy atom. The van der Waals surface area contributed by atoms with E-state index in [9.17, 15) is 0 Å². The molecule has 0 N–H and O–H groups in total. The zero-order valence-corrected chi connectivity index (χ0v) is 27.5. The van der Waals surface area contributed by atoms with Gasteiger partial charge in [-0.05, 0) is 25.7 Å². The van der Waals surface area contributed by atoms with E-state index in [-0.39, 0.29) is 0 Å². The molecule has 1 atom stereocenters. The monoisotopic (exact) mass is 547 g/mol. The lowest BCUT2D eigenvalue weighted by Gasteiger charge is -2.33. The van der Waals surface area contributed by atoms with E-state index in [1.54, 1.807) is 0 Å². The van der Waals surface area contributed by atoms with Crippen molar-refractivity contribution in [1.29, 1.82) is 0 Å². The Bertz CT molecular complexity index is 502. The smallest absolute Gasteiger partial charge is 0.101 e. The van der Waals surface area contributed by atoms with Gasteiger partial charge in [0.15, 0.2) is 0 Å². The molecule has 0 aromatic heterocycles. The number of rotatable bonds is 31. The molecule has 232 valence electrons. The van der Waals surface area contributed by atoms with Crippen LogP contribution in [-0.2, 0) is 0 Å². The minimum absolute atomic E-state index is 0.641. The summed E-state index contributed by atoms with van der Waals surface area (Å²) in [5.74, 6) is 0. The molecule has 1 aliphatic heterocycles. The van der Waals surface area contributed by atoms with Crippen LogP contribution in [0.5, 0.6) is 0 Å². The van der Waals surface area contributed by atoms with E-state index < -0.39 is 0 Å². The molecule has 0 fully saturated rings. The van der Waals surface area contributed by atoms with Crippen LogP contribution in [0.25, 0.3) is 0 Å². The average Bonchev–Trinajstić information content (AvgIpc) is 3.33. The van der Waals surface area contributed by atoms with Gasteiger partial charge in [0.05, 0.1) is 0 Å². The maximum absolute atomic E-state index is 2.71. The van der Waals surface area contributed by atoms with Crippen LogP contribution in [0.2, 0.25) is 0 Å². The Kier molecular flexibility index (Phi) is 26.9. The molecule has 0 aliphatic carbocycles. The second-order valence-corrected chi connectivity index (χ2v) is 12.9. The third kappa shape index (κ3) is 21.7. The lowest BCUT2D eigenvalue weighted by molar-refractivity contribution is 0.135. The molecule has 1 rings (SSSR count). The van der Waals surface area contributed by atoms with Crippen molar-refractivity contribution in [2.45, 2.75) is 213 Å². The summed E-state index contributed by atoms with van der Waals surface area (Å²) in [5, 5.41) is 0. The van der Waals surface area contributed by atoms with Gasteiger partial charge in [0.2, 0.25) is 0 Å². The Morgan fingerprint density at radius 3 is 0.897 bits per heavy atom. The van der Waals surface area contributed by atoms with Crippen molar-refractivity contribution in [3.05, 3.63) is 12.4 Å². The maximum Gasteiger partial charge on any atom is 0.101 e. The van der Waals surface area contributed by atoms with E-state index in [4.69, 9.17) is 0 Å². The largest absolute Gasteiger partial charge is 0.356 e. The Labute approximate surface area is 248 Å². The van der Waals surface area contributed by atoms with E-state index in [1.807, 2.05) is 0 Å². The highest BCUT2D eigenvalue weighted by Gasteiger charge is 2.24. The summed E-state index contributed by atoms with van der Waals surface area (Å²) in [5.41, 5.74) is 0. The fraction of sp³-hybridized carbons (Fsp3) is 0.946. The van der Waals surface area contributed by atoms with Crippen molar-refractivity contribution in [3.8, 4) is 0 Å². The molecule has 1 unspecified atom stereocenters. The van der Waals surface area contributed by atoms with Crippen LogP contribution in [-0.4, -0.2) is 29.1 Å². The second kappa shape index (κ2) is 28.9. The molecule has 0 aromatic rings. The van der Waals surface area contributed by atoms with Gasteiger partial charge in [-0.1, -0.05) is 181 Å². The molecule has 0 saturated carbocycles. The third-order valence-electron chi connectivity index (χ3n) is 9.07. The van der Waals surface area contributed by atoms with Crippen LogP contribution in [0.15, 0.2) is 12.4 Å². The SMILES string of the molecule is CCCCCCCCCCCCCN1C=CN(CCCCCCCCCC)C1CCCCCCCCCCC. The van der Waals surface area contributed by atoms with Gasteiger partial charge < -0.3 is 9.80 Å². The van der Waals surface area contributed by atoms with Gasteiger partial charge >= 0.3 is 0 Å². The molecule has 2 nitrogen and oxygen atoms in total. The molecule has 39 heavy (non-hydrogen) atoms. The quantitative estimate of drug-likeness (QED) is 0.0798. The van der Waals surface area contributed by atoms with Crippen molar-refractivity contribution in [2.75, 3.05) is 13.1 Å². The molecule has 2 heteroatoms. The lowest BCUT2D eigenvalue weighted by atomic mass is 10.0. The van der Waals surface area contributed by atoms with E-state index in [2.05, 4.69) is 43.0 Å². The second-order valence-electron chi connectivity index (χ2n) is 12.9. The highest BCUT2D eigenvalue weighted by atomic mass is 15.4. The summed E-state index contributed by atoms with van der Waals surface area (Å²) in [4.78, 5) is 5.42. The van der Waals surface area contributed by atoms with Crippen molar-refractivity contribution >= 4 is 0 Å². The van der Waals surface area contributed by atoms with Crippen LogP contribution in [0, 0.1) is 0 Å². The molecule has 1 aliphatic rings. The maximum atomic E-state index is 2.71. The molecule has 0 aromatic carbocycles. The van der Waals surface area contributed by atoms with Crippen LogP contribution >= 0.6 is 0 Å². The minimum Gasteiger partial charge on any atom is -0.356 e. The van der Waals surface area contributed by atoms with E-state index >= 15 is 0 Å². The van der Waals surface area contributed by atoms with E-state index in [1.165, 1.54) is 199 Å². The first-order valence-corrected chi connectivity index (χ1v) is 18.5. The van der Waals surface area contributed by atoms with E-state index in [0.717, 1.165) is 0 Å². The Hall–Kier alpha value is -0.660. The molecule has 1 heterocycles. The summed E-state index contributed by atoms with van der Waals surface area (Å²) in [7, 11) is 0.